The van der Waals surface area contributed by atoms with E-state index in [0.29, 0.717) is 41.4 Å². The summed E-state index contributed by atoms with van der Waals surface area (Å²) in [6.45, 7) is 1.30. The van der Waals surface area contributed by atoms with Gasteiger partial charge < -0.3 is 25.0 Å². The highest BCUT2D eigenvalue weighted by Crippen LogP contribution is 2.34. The fourth-order valence-corrected chi connectivity index (χ4v) is 3.51. The molecular weight excluding hydrogens is 406 g/mol. The van der Waals surface area contributed by atoms with E-state index in [4.69, 9.17) is 9.47 Å². The fraction of sp³-hybridized carbons (Fsp3) is 0.364. The van der Waals surface area contributed by atoms with Gasteiger partial charge in [0.05, 0.1) is 25.5 Å². The minimum atomic E-state index is -0.293. The molecular formula is C22H28ClN3O4. The molecule has 3 rings (SSSR count). The van der Waals surface area contributed by atoms with Crippen LogP contribution in [0.5, 0.6) is 11.5 Å². The highest BCUT2D eigenvalue weighted by Gasteiger charge is 2.27. The molecule has 1 saturated heterocycles. The van der Waals surface area contributed by atoms with E-state index in [0.717, 1.165) is 12.8 Å². The predicted molar refractivity (Wildman–Crippen MR) is 119 cm³/mol. The summed E-state index contributed by atoms with van der Waals surface area (Å²) in [5.74, 6) is 0.447. The molecule has 1 atom stereocenters. The van der Waals surface area contributed by atoms with E-state index in [1.54, 1.807) is 36.4 Å². The maximum atomic E-state index is 13.3. The number of halogens is 1. The summed E-state index contributed by atoms with van der Waals surface area (Å²) in [6.07, 6.45) is 1.96. The second-order valence-electron chi connectivity index (χ2n) is 6.95. The van der Waals surface area contributed by atoms with Crippen LogP contribution in [0.15, 0.2) is 42.5 Å². The number of anilines is 1. The Morgan fingerprint density at radius 1 is 1.07 bits per heavy atom. The number of likely N-dealkylation sites (N-methyl/N-ethyl adjacent to an activating group) is 1. The van der Waals surface area contributed by atoms with Gasteiger partial charge in [0.1, 0.15) is 0 Å². The van der Waals surface area contributed by atoms with E-state index in [9.17, 15) is 9.59 Å². The number of piperidine rings is 1. The number of likely N-dealkylation sites (tertiary alicyclic amines) is 1. The highest BCUT2D eigenvalue weighted by molar-refractivity contribution is 6.09. The molecule has 1 unspecified atom stereocenters. The van der Waals surface area contributed by atoms with Gasteiger partial charge in [-0.1, -0.05) is 18.2 Å². The maximum absolute atomic E-state index is 13.3. The fourth-order valence-electron chi connectivity index (χ4n) is 3.51. The third-order valence-electron chi connectivity index (χ3n) is 5.16. The zero-order valence-corrected chi connectivity index (χ0v) is 18.3. The van der Waals surface area contributed by atoms with Gasteiger partial charge in [-0.2, -0.15) is 0 Å². The summed E-state index contributed by atoms with van der Waals surface area (Å²) in [4.78, 5) is 27.8. The number of carbonyl (C=O) groups is 2. The number of rotatable bonds is 6. The lowest BCUT2D eigenvalue weighted by molar-refractivity contribution is 0.0699. The van der Waals surface area contributed by atoms with Crippen molar-refractivity contribution < 1.29 is 19.1 Å². The third kappa shape index (κ3) is 5.23. The van der Waals surface area contributed by atoms with E-state index in [1.807, 2.05) is 18.0 Å². The number of hydrogen-bond donors (Lipinski definition) is 2. The highest BCUT2D eigenvalue weighted by atomic mass is 35.5. The van der Waals surface area contributed by atoms with Gasteiger partial charge in [-0.25, -0.2) is 0 Å². The number of benzene rings is 2. The first kappa shape index (κ1) is 23.5. The van der Waals surface area contributed by atoms with E-state index < -0.39 is 0 Å². The largest absolute Gasteiger partial charge is 0.493 e. The standard InChI is InChI=1S/C22H27N3O4.ClH/c1-23-16-10-7-11-25(14-16)22(27)17-12-19(28-2)20(29-3)13-18(17)24-21(26)15-8-5-4-6-9-15;/h4-6,8-9,12-13,16,23H,7,10-11,14H2,1-3H3,(H,24,26);1H. The van der Waals surface area contributed by atoms with Gasteiger partial charge in [0, 0.05) is 30.8 Å². The molecule has 2 N–H and O–H groups in total. The lowest BCUT2D eigenvalue weighted by Gasteiger charge is -2.33. The molecule has 2 aromatic carbocycles. The van der Waals surface area contributed by atoms with Crippen molar-refractivity contribution in [2.75, 3.05) is 39.7 Å². The molecule has 8 heteroatoms. The van der Waals surface area contributed by atoms with Gasteiger partial charge in [-0.3, -0.25) is 9.59 Å². The minimum Gasteiger partial charge on any atom is -0.493 e. The number of carbonyl (C=O) groups excluding carboxylic acids is 2. The van der Waals surface area contributed by atoms with E-state index in [2.05, 4.69) is 10.6 Å². The molecule has 2 amide bonds. The molecule has 1 aliphatic rings. The Hall–Kier alpha value is -2.77. The summed E-state index contributed by atoms with van der Waals surface area (Å²) in [5.41, 5.74) is 1.28. The monoisotopic (exact) mass is 433 g/mol. The molecule has 0 bridgehead atoms. The second kappa shape index (κ2) is 10.8. The zero-order valence-electron chi connectivity index (χ0n) is 17.4. The number of methoxy groups -OCH3 is 2. The average Bonchev–Trinajstić information content (AvgIpc) is 2.78. The smallest absolute Gasteiger partial charge is 0.256 e. The first-order valence-electron chi connectivity index (χ1n) is 9.66. The van der Waals surface area contributed by atoms with Gasteiger partial charge in [0.2, 0.25) is 0 Å². The van der Waals surface area contributed by atoms with Crippen LogP contribution in [0, 0.1) is 0 Å². The van der Waals surface area contributed by atoms with Gasteiger partial charge in [0.15, 0.2) is 11.5 Å². The molecule has 0 saturated carbocycles. The van der Waals surface area contributed by atoms with Gasteiger partial charge >= 0.3 is 0 Å². The van der Waals surface area contributed by atoms with E-state index in [-0.39, 0.29) is 30.3 Å². The van der Waals surface area contributed by atoms with Crippen LogP contribution in [-0.4, -0.2) is 57.1 Å². The summed E-state index contributed by atoms with van der Waals surface area (Å²) in [6, 6.07) is 12.4. The van der Waals surface area contributed by atoms with Crippen LogP contribution >= 0.6 is 12.4 Å². The number of ether oxygens (including phenoxy) is 2. The molecule has 1 fully saturated rings. The second-order valence-corrected chi connectivity index (χ2v) is 6.95. The summed E-state index contributed by atoms with van der Waals surface area (Å²) >= 11 is 0. The quantitative estimate of drug-likeness (QED) is 0.731. The van der Waals surface area contributed by atoms with Crippen molar-refractivity contribution in [3.63, 3.8) is 0 Å². The SMILES string of the molecule is CNC1CCCN(C(=O)c2cc(OC)c(OC)cc2NC(=O)c2ccccc2)C1.Cl. The Bertz CT molecular complexity index is 876. The van der Waals surface area contributed by atoms with E-state index in [1.165, 1.54) is 14.2 Å². The van der Waals surface area contributed by atoms with Crippen molar-refractivity contribution in [3.05, 3.63) is 53.6 Å². The van der Waals surface area contributed by atoms with Gasteiger partial charge in [-0.05, 0) is 38.1 Å². The first-order chi connectivity index (χ1) is 14.1. The molecule has 0 radical (unpaired) electrons. The van der Waals surface area contributed by atoms with Crippen molar-refractivity contribution in [1.82, 2.24) is 10.2 Å². The Morgan fingerprint density at radius 3 is 2.37 bits per heavy atom. The Morgan fingerprint density at radius 2 is 1.73 bits per heavy atom. The molecule has 2 aromatic rings. The first-order valence-corrected chi connectivity index (χ1v) is 9.66. The number of nitrogens with one attached hydrogen (secondary N) is 2. The molecule has 0 aliphatic carbocycles. The topological polar surface area (TPSA) is 79.9 Å². The maximum Gasteiger partial charge on any atom is 0.256 e. The zero-order chi connectivity index (χ0) is 20.8. The molecule has 1 aliphatic heterocycles. The van der Waals surface area contributed by atoms with E-state index >= 15 is 0 Å². The molecule has 7 nitrogen and oxygen atoms in total. The van der Waals surface area contributed by atoms with Crippen molar-refractivity contribution >= 4 is 29.9 Å². The number of amides is 2. The lowest BCUT2D eigenvalue weighted by atomic mass is 10.0. The number of hydrogen-bond acceptors (Lipinski definition) is 5. The van der Waals surface area contributed by atoms with Gasteiger partial charge in [-0.15, -0.1) is 12.4 Å². The summed E-state index contributed by atoms with van der Waals surface area (Å²) < 4.78 is 10.7. The summed E-state index contributed by atoms with van der Waals surface area (Å²) in [5, 5.41) is 6.10. The van der Waals surface area contributed by atoms with Crippen LogP contribution in [0.25, 0.3) is 0 Å². The Labute approximate surface area is 183 Å². The minimum absolute atomic E-state index is 0. The normalized spacial score (nSPS) is 15.7. The Balaban J connectivity index is 0.00000320. The Kier molecular flexibility index (Phi) is 8.50. The van der Waals surface area contributed by atoms with Crippen LogP contribution in [0.4, 0.5) is 5.69 Å². The predicted octanol–water partition coefficient (Wildman–Crippen LogP) is 3.20. The lowest BCUT2D eigenvalue weighted by Crippen LogP contribution is -2.47. The van der Waals surface area contributed by atoms with Crippen molar-refractivity contribution in [2.45, 2.75) is 18.9 Å². The van der Waals surface area contributed by atoms with Crippen molar-refractivity contribution in [3.8, 4) is 11.5 Å². The molecule has 0 aromatic heterocycles. The molecule has 1 heterocycles. The van der Waals surface area contributed by atoms with Crippen molar-refractivity contribution in [2.24, 2.45) is 0 Å². The molecule has 162 valence electrons. The van der Waals surface area contributed by atoms with Crippen LogP contribution < -0.4 is 20.1 Å². The van der Waals surface area contributed by atoms with Crippen LogP contribution in [0.2, 0.25) is 0 Å². The van der Waals surface area contributed by atoms with Crippen LogP contribution in [-0.2, 0) is 0 Å². The van der Waals surface area contributed by atoms with Crippen molar-refractivity contribution in [1.29, 1.82) is 0 Å². The van der Waals surface area contributed by atoms with Crippen LogP contribution in [0.3, 0.4) is 0 Å². The van der Waals surface area contributed by atoms with Crippen LogP contribution in [0.1, 0.15) is 33.6 Å². The molecule has 0 spiro atoms. The third-order valence-corrected chi connectivity index (χ3v) is 5.16. The van der Waals surface area contributed by atoms with Gasteiger partial charge in [0.25, 0.3) is 11.8 Å². The number of nitrogens with zero attached hydrogens (tertiary/aromatic N) is 1. The molecule has 30 heavy (non-hydrogen) atoms. The summed E-state index contributed by atoms with van der Waals surface area (Å²) in [7, 11) is 4.94. The average molecular weight is 434 g/mol.